The zero-order valence-electron chi connectivity index (χ0n) is 20.3. The van der Waals surface area contributed by atoms with Crippen LogP contribution in [0.3, 0.4) is 0 Å². The van der Waals surface area contributed by atoms with Crippen LogP contribution in [0.15, 0.2) is 78.9 Å². The van der Waals surface area contributed by atoms with Crippen molar-refractivity contribution in [3.8, 4) is 0 Å². The summed E-state index contributed by atoms with van der Waals surface area (Å²) in [6.07, 6.45) is 1.19. The van der Waals surface area contributed by atoms with Crippen LogP contribution in [0.5, 0.6) is 0 Å². The molecule has 1 aliphatic carbocycles. The van der Waals surface area contributed by atoms with Gasteiger partial charge in [0.1, 0.15) is 0 Å². The second-order valence-electron chi connectivity index (χ2n) is 9.61. The fourth-order valence-corrected chi connectivity index (χ4v) is 5.56. The number of esters is 1. The van der Waals surface area contributed by atoms with Gasteiger partial charge in [0.2, 0.25) is 17.6 Å². The Bertz CT molecular complexity index is 1350. The van der Waals surface area contributed by atoms with Gasteiger partial charge in [-0.25, -0.2) is 4.79 Å². The van der Waals surface area contributed by atoms with Crippen molar-refractivity contribution in [1.82, 2.24) is 0 Å². The summed E-state index contributed by atoms with van der Waals surface area (Å²) < 4.78 is 5.35. The molecule has 4 atom stereocenters. The first-order chi connectivity index (χ1) is 17.8. The molecule has 2 aliphatic rings. The summed E-state index contributed by atoms with van der Waals surface area (Å²) in [5, 5.41) is 0.418. The molecular weight excluding hydrogens is 490 g/mol. The normalized spacial score (nSPS) is 21.9. The van der Waals surface area contributed by atoms with Gasteiger partial charge in [0, 0.05) is 10.6 Å². The number of anilines is 1. The van der Waals surface area contributed by atoms with Crippen LogP contribution in [0.1, 0.15) is 58.4 Å². The maximum absolute atomic E-state index is 13.3. The van der Waals surface area contributed by atoms with Crippen LogP contribution in [-0.4, -0.2) is 29.7 Å². The van der Waals surface area contributed by atoms with Crippen LogP contribution in [0.25, 0.3) is 0 Å². The van der Waals surface area contributed by atoms with Gasteiger partial charge >= 0.3 is 5.97 Å². The molecule has 0 bridgehead atoms. The highest BCUT2D eigenvalue weighted by atomic mass is 35.5. The maximum atomic E-state index is 13.3. The van der Waals surface area contributed by atoms with Crippen molar-refractivity contribution in [2.45, 2.75) is 38.2 Å². The number of hydrogen-bond acceptors (Lipinski definition) is 5. The number of benzene rings is 3. The molecule has 188 valence electrons. The standard InChI is InChI=1S/C30H26ClNO5/c1-18(27(33)22-8-5-9-23(31)16-22)37-30(36)20-10-13-24(14-11-20)32-28(34)25-15-12-21(17-26(25)29(32)35)19-6-3-2-4-7-19/h2-11,13-14,16,18,21,25-26H,12,15,17H2,1H3/t18-,21-,25+,26-/m0/s1. The number of carbonyl (C=O) groups excluding carboxylic acids is 4. The Morgan fingerprint density at radius 1 is 0.865 bits per heavy atom. The molecule has 0 spiro atoms. The van der Waals surface area contributed by atoms with Crippen molar-refractivity contribution >= 4 is 40.9 Å². The lowest BCUT2D eigenvalue weighted by Gasteiger charge is -2.28. The number of ketones is 1. The van der Waals surface area contributed by atoms with E-state index in [1.54, 1.807) is 30.3 Å². The van der Waals surface area contributed by atoms with Gasteiger partial charge in [-0.15, -0.1) is 0 Å². The average molecular weight is 516 g/mol. The van der Waals surface area contributed by atoms with Crippen molar-refractivity contribution in [3.63, 3.8) is 0 Å². The van der Waals surface area contributed by atoms with Crippen LogP contribution in [0.2, 0.25) is 5.02 Å². The Morgan fingerprint density at radius 2 is 1.57 bits per heavy atom. The third-order valence-electron chi connectivity index (χ3n) is 7.32. The molecule has 6 nitrogen and oxygen atoms in total. The van der Waals surface area contributed by atoms with E-state index < -0.39 is 12.1 Å². The van der Waals surface area contributed by atoms with E-state index in [2.05, 4.69) is 12.1 Å². The van der Waals surface area contributed by atoms with Crippen molar-refractivity contribution in [3.05, 3.63) is 101 Å². The molecule has 2 amide bonds. The molecule has 0 N–H and O–H groups in total. The van der Waals surface area contributed by atoms with Gasteiger partial charge in [0.05, 0.1) is 23.1 Å². The molecule has 1 saturated carbocycles. The summed E-state index contributed by atoms with van der Waals surface area (Å²) in [7, 11) is 0. The van der Waals surface area contributed by atoms with Crippen LogP contribution >= 0.6 is 11.6 Å². The molecule has 0 radical (unpaired) electrons. The Kier molecular flexibility index (Phi) is 6.94. The minimum atomic E-state index is -1.01. The molecule has 1 saturated heterocycles. The Morgan fingerprint density at radius 3 is 2.27 bits per heavy atom. The van der Waals surface area contributed by atoms with Crippen molar-refractivity contribution in [1.29, 1.82) is 0 Å². The van der Waals surface area contributed by atoms with Gasteiger partial charge in [-0.2, -0.15) is 0 Å². The number of fused-ring (bicyclic) bond motifs is 1. The lowest BCUT2D eigenvalue weighted by molar-refractivity contribution is -0.122. The van der Waals surface area contributed by atoms with E-state index in [9.17, 15) is 19.2 Å². The van der Waals surface area contributed by atoms with Gasteiger partial charge in [0.25, 0.3) is 0 Å². The fraction of sp³-hybridized carbons (Fsp3) is 0.267. The van der Waals surface area contributed by atoms with Crippen molar-refractivity contribution < 1.29 is 23.9 Å². The van der Waals surface area contributed by atoms with E-state index in [-0.39, 0.29) is 40.9 Å². The van der Waals surface area contributed by atoms with Gasteiger partial charge in [0.15, 0.2) is 6.10 Å². The number of Topliss-reactive ketones (excluding diaryl/α,β-unsaturated/α-hetero) is 1. The molecule has 1 aliphatic heterocycles. The molecule has 7 heteroatoms. The first-order valence-electron chi connectivity index (χ1n) is 12.4. The molecule has 5 rings (SSSR count). The van der Waals surface area contributed by atoms with Gasteiger partial charge in [-0.3, -0.25) is 19.3 Å². The average Bonchev–Trinajstić information content (AvgIpc) is 3.17. The number of hydrogen-bond donors (Lipinski definition) is 0. The third kappa shape index (κ3) is 4.94. The quantitative estimate of drug-likeness (QED) is 0.234. The van der Waals surface area contributed by atoms with Gasteiger partial charge in [-0.05, 0) is 74.1 Å². The summed E-state index contributed by atoms with van der Waals surface area (Å²) in [5.41, 5.74) is 2.20. The minimum Gasteiger partial charge on any atom is -0.451 e. The zero-order chi connectivity index (χ0) is 26.1. The maximum Gasteiger partial charge on any atom is 0.338 e. The fourth-order valence-electron chi connectivity index (χ4n) is 5.37. The van der Waals surface area contributed by atoms with Crippen LogP contribution in [0, 0.1) is 11.8 Å². The summed E-state index contributed by atoms with van der Waals surface area (Å²) in [6, 6.07) is 22.7. The summed E-state index contributed by atoms with van der Waals surface area (Å²) in [5.74, 6) is -1.80. The summed E-state index contributed by atoms with van der Waals surface area (Å²) in [4.78, 5) is 52.9. The molecule has 1 heterocycles. The molecule has 0 unspecified atom stereocenters. The van der Waals surface area contributed by atoms with Crippen molar-refractivity contribution in [2.75, 3.05) is 4.90 Å². The highest BCUT2D eigenvalue weighted by Crippen LogP contribution is 2.45. The predicted octanol–water partition coefficient (Wildman–Crippen LogP) is 5.84. The molecule has 3 aromatic carbocycles. The number of ether oxygens (including phenoxy) is 1. The van der Waals surface area contributed by atoms with Crippen LogP contribution in [-0.2, 0) is 14.3 Å². The molecular formula is C30H26ClNO5. The Hall–Kier alpha value is -3.77. The number of amides is 2. The Balaban J connectivity index is 1.26. The number of imide groups is 1. The minimum absolute atomic E-state index is 0.183. The number of halogens is 1. The number of carbonyl (C=O) groups is 4. The first-order valence-corrected chi connectivity index (χ1v) is 12.7. The molecule has 37 heavy (non-hydrogen) atoms. The van der Waals surface area contributed by atoms with Gasteiger partial charge < -0.3 is 4.74 Å². The SMILES string of the molecule is C[C@H](OC(=O)c1ccc(N2C(=O)[C@H]3C[C@@H](c4ccccc4)CC[C@H]3C2=O)cc1)C(=O)c1cccc(Cl)c1. The largest absolute Gasteiger partial charge is 0.451 e. The van der Waals surface area contributed by atoms with Crippen LogP contribution in [0.4, 0.5) is 5.69 Å². The number of rotatable bonds is 6. The smallest absolute Gasteiger partial charge is 0.338 e. The molecule has 3 aromatic rings. The zero-order valence-corrected chi connectivity index (χ0v) is 21.1. The third-order valence-corrected chi connectivity index (χ3v) is 7.55. The highest BCUT2D eigenvalue weighted by Gasteiger charge is 2.50. The lowest BCUT2D eigenvalue weighted by Crippen LogP contribution is -2.31. The van der Waals surface area contributed by atoms with Crippen LogP contribution < -0.4 is 4.90 Å². The van der Waals surface area contributed by atoms with E-state index in [1.807, 2.05) is 18.2 Å². The second kappa shape index (κ2) is 10.3. The van der Waals surface area contributed by atoms with E-state index in [0.717, 1.165) is 6.42 Å². The van der Waals surface area contributed by atoms with E-state index >= 15 is 0 Å². The van der Waals surface area contributed by atoms with E-state index in [4.69, 9.17) is 16.3 Å². The number of nitrogens with zero attached hydrogens (tertiary/aromatic N) is 1. The van der Waals surface area contributed by atoms with E-state index in [1.165, 1.54) is 35.6 Å². The summed E-state index contributed by atoms with van der Waals surface area (Å²) in [6.45, 7) is 1.50. The predicted molar refractivity (Wildman–Crippen MR) is 140 cm³/mol. The van der Waals surface area contributed by atoms with E-state index in [0.29, 0.717) is 29.1 Å². The lowest BCUT2D eigenvalue weighted by atomic mass is 9.73. The molecule has 0 aromatic heterocycles. The second-order valence-corrected chi connectivity index (χ2v) is 10.1. The van der Waals surface area contributed by atoms with Crippen molar-refractivity contribution in [2.24, 2.45) is 11.8 Å². The molecule has 2 fully saturated rings. The Labute approximate surface area is 220 Å². The highest BCUT2D eigenvalue weighted by molar-refractivity contribution is 6.31. The monoisotopic (exact) mass is 515 g/mol. The van der Waals surface area contributed by atoms with Gasteiger partial charge in [-0.1, -0.05) is 54.1 Å². The summed E-state index contributed by atoms with van der Waals surface area (Å²) >= 11 is 5.95. The first kappa shape index (κ1) is 24.9. The topological polar surface area (TPSA) is 80.8 Å².